The van der Waals surface area contributed by atoms with Crippen LogP contribution in [0.2, 0.25) is 0 Å². The van der Waals surface area contributed by atoms with Crippen molar-refractivity contribution in [2.45, 2.75) is 24.3 Å². The number of hydrogen-bond acceptors (Lipinski definition) is 5. The van der Waals surface area contributed by atoms with Crippen LogP contribution in [0.1, 0.15) is 12.8 Å². The number of sulfonamides is 1. The van der Waals surface area contributed by atoms with Crippen molar-refractivity contribution in [1.82, 2.24) is 14.5 Å². The fourth-order valence-electron chi connectivity index (χ4n) is 1.24. The van der Waals surface area contributed by atoms with Crippen LogP contribution in [0.15, 0.2) is 17.3 Å². The normalized spacial score (nSPS) is 11.6. The van der Waals surface area contributed by atoms with E-state index < -0.39 is 16.0 Å². The molecule has 0 amide bonds. The molecule has 18 heavy (non-hydrogen) atoms. The highest BCUT2D eigenvalue weighted by Gasteiger charge is 2.16. The van der Waals surface area contributed by atoms with Gasteiger partial charge in [-0.15, -0.1) is 0 Å². The maximum Gasteiger partial charge on any atom is 0.325 e. The molecular weight excluding hydrogens is 262 g/mol. The van der Waals surface area contributed by atoms with Crippen molar-refractivity contribution in [3.05, 3.63) is 12.4 Å². The molecule has 0 radical (unpaired) electrons. The minimum absolute atomic E-state index is 0.0122. The minimum Gasteiger partial charge on any atom is -0.480 e. The molecule has 0 fully saturated rings. The second kappa shape index (κ2) is 6.47. The van der Waals surface area contributed by atoms with Gasteiger partial charge in [0, 0.05) is 19.3 Å². The van der Waals surface area contributed by atoms with Crippen LogP contribution >= 0.6 is 0 Å². The zero-order valence-electron chi connectivity index (χ0n) is 9.61. The van der Waals surface area contributed by atoms with Crippen molar-refractivity contribution >= 4 is 16.0 Å². The van der Waals surface area contributed by atoms with Crippen LogP contribution in [0, 0.1) is 0 Å². The Morgan fingerprint density at radius 1 is 1.44 bits per heavy atom. The van der Waals surface area contributed by atoms with E-state index in [4.69, 9.17) is 10.2 Å². The topological polar surface area (TPSA) is 122 Å². The van der Waals surface area contributed by atoms with Crippen LogP contribution in [0.25, 0.3) is 0 Å². The van der Waals surface area contributed by atoms with Gasteiger partial charge in [-0.05, 0) is 12.8 Å². The summed E-state index contributed by atoms with van der Waals surface area (Å²) in [6, 6.07) is 0. The fourth-order valence-corrected chi connectivity index (χ4v) is 2.26. The summed E-state index contributed by atoms with van der Waals surface area (Å²) in [5.41, 5.74) is 0. The summed E-state index contributed by atoms with van der Waals surface area (Å²) in [6.45, 7) is -0.161. The third kappa shape index (κ3) is 4.43. The molecule has 1 rings (SSSR count). The SMILES string of the molecule is O=C(O)Cn1cc(S(=O)(=O)NCCCCO)cn1. The number of rotatable bonds is 8. The number of aromatic nitrogens is 2. The second-order valence-electron chi connectivity index (χ2n) is 3.60. The molecule has 0 saturated heterocycles. The number of aliphatic hydroxyl groups excluding tert-OH is 1. The number of nitrogens with one attached hydrogen (secondary N) is 1. The van der Waals surface area contributed by atoms with Crippen LogP contribution in [0.5, 0.6) is 0 Å². The Balaban J connectivity index is 2.61. The van der Waals surface area contributed by atoms with Gasteiger partial charge in [0.05, 0.1) is 6.20 Å². The highest BCUT2D eigenvalue weighted by Crippen LogP contribution is 2.06. The molecule has 102 valence electrons. The third-order valence-electron chi connectivity index (χ3n) is 2.09. The van der Waals surface area contributed by atoms with E-state index in [1.165, 1.54) is 0 Å². The predicted molar refractivity (Wildman–Crippen MR) is 61.4 cm³/mol. The van der Waals surface area contributed by atoms with Gasteiger partial charge in [0.1, 0.15) is 11.4 Å². The molecule has 0 unspecified atom stereocenters. The largest absolute Gasteiger partial charge is 0.480 e. The molecule has 1 aromatic rings. The van der Waals surface area contributed by atoms with E-state index in [-0.39, 0.29) is 24.6 Å². The van der Waals surface area contributed by atoms with Gasteiger partial charge in [-0.2, -0.15) is 5.10 Å². The van der Waals surface area contributed by atoms with Gasteiger partial charge >= 0.3 is 5.97 Å². The monoisotopic (exact) mass is 277 g/mol. The summed E-state index contributed by atoms with van der Waals surface area (Å²) in [4.78, 5) is 10.3. The molecule has 1 aromatic heterocycles. The van der Waals surface area contributed by atoms with Crippen LogP contribution in [0.3, 0.4) is 0 Å². The van der Waals surface area contributed by atoms with Crippen molar-refractivity contribution in [2.75, 3.05) is 13.2 Å². The summed E-state index contributed by atoms with van der Waals surface area (Å²) in [5, 5.41) is 20.7. The van der Waals surface area contributed by atoms with Crippen molar-refractivity contribution in [1.29, 1.82) is 0 Å². The second-order valence-corrected chi connectivity index (χ2v) is 5.36. The summed E-state index contributed by atoms with van der Waals surface area (Å²) in [5.74, 6) is -1.10. The van der Waals surface area contributed by atoms with E-state index in [0.29, 0.717) is 12.8 Å². The number of carbonyl (C=O) groups is 1. The molecular formula is C9H15N3O5S. The lowest BCUT2D eigenvalue weighted by Crippen LogP contribution is -2.24. The molecule has 1 heterocycles. The first-order valence-corrected chi connectivity index (χ1v) is 6.79. The number of aliphatic carboxylic acids is 1. The molecule has 0 aliphatic carbocycles. The number of unbranched alkanes of at least 4 members (excludes halogenated alkanes) is 1. The first-order valence-electron chi connectivity index (χ1n) is 5.30. The van der Waals surface area contributed by atoms with Crippen LogP contribution < -0.4 is 4.72 Å². The minimum atomic E-state index is -3.66. The zero-order valence-corrected chi connectivity index (χ0v) is 10.4. The lowest BCUT2D eigenvalue weighted by Gasteiger charge is -2.03. The lowest BCUT2D eigenvalue weighted by atomic mass is 10.3. The van der Waals surface area contributed by atoms with E-state index in [1.807, 2.05) is 0 Å². The van der Waals surface area contributed by atoms with Crippen molar-refractivity contribution in [3.8, 4) is 0 Å². The van der Waals surface area contributed by atoms with Crippen LogP contribution in [0.4, 0.5) is 0 Å². The Kier molecular flexibility index (Phi) is 5.25. The van der Waals surface area contributed by atoms with Crippen LogP contribution in [-0.2, 0) is 21.4 Å². The smallest absolute Gasteiger partial charge is 0.325 e. The van der Waals surface area contributed by atoms with E-state index in [9.17, 15) is 13.2 Å². The molecule has 9 heteroatoms. The van der Waals surface area contributed by atoms with Gasteiger partial charge in [0.25, 0.3) is 0 Å². The Hall–Kier alpha value is -1.45. The lowest BCUT2D eigenvalue weighted by molar-refractivity contribution is -0.137. The standard InChI is InChI=1S/C9H15N3O5S/c13-4-2-1-3-11-18(16,17)8-5-10-12(6-8)7-9(14)15/h5-6,11,13H,1-4,7H2,(H,14,15). The third-order valence-corrected chi connectivity index (χ3v) is 3.51. The summed E-state index contributed by atoms with van der Waals surface area (Å²) in [6.07, 6.45) is 3.29. The average molecular weight is 277 g/mol. The van der Waals surface area contributed by atoms with E-state index in [2.05, 4.69) is 9.82 Å². The molecule has 0 aliphatic rings. The Bertz CT molecular complexity index is 496. The molecule has 0 saturated carbocycles. The average Bonchev–Trinajstić information content (AvgIpc) is 2.73. The molecule has 3 N–H and O–H groups in total. The quantitative estimate of drug-likeness (QED) is 0.525. The van der Waals surface area contributed by atoms with Crippen molar-refractivity contribution in [2.24, 2.45) is 0 Å². The Morgan fingerprint density at radius 3 is 2.78 bits per heavy atom. The van der Waals surface area contributed by atoms with E-state index in [1.54, 1.807) is 0 Å². The first-order chi connectivity index (χ1) is 8.45. The summed E-state index contributed by atoms with van der Waals surface area (Å²) < 4.78 is 26.8. The van der Waals surface area contributed by atoms with Gasteiger partial charge in [-0.1, -0.05) is 0 Å². The molecule has 0 atom stereocenters. The highest BCUT2D eigenvalue weighted by atomic mass is 32.2. The number of carboxylic acids is 1. The molecule has 0 bridgehead atoms. The number of hydrogen-bond donors (Lipinski definition) is 3. The first kappa shape index (κ1) is 14.6. The highest BCUT2D eigenvalue weighted by molar-refractivity contribution is 7.89. The number of carboxylic acid groups (broad SMARTS) is 1. The summed E-state index contributed by atoms with van der Waals surface area (Å²) in [7, 11) is -3.66. The van der Waals surface area contributed by atoms with Gasteiger partial charge in [0.2, 0.25) is 10.0 Å². The van der Waals surface area contributed by atoms with Crippen molar-refractivity contribution < 1.29 is 23.4 Å². The van der Waals surface area contributed by atoms with E-state index in [0.717, 1.165) is 17.1 Å². The van der Waals surface area contributed by atoms with Crippen molar-refractivity contribution in [3.63, 3.8) is 0 Å². The Labute approximate surface area is 104 Å². The Morgan fingerprint density at radius 2 is 2.17 bits per heavy atom. The van der Waals surface area contributed by atoms with Gasteiger partial charge in [0.15, 0.2) is 0 Å². The van der Waals surface area contributed by atoms with E-state index >= 15 is 0 Å². The van der Waals surface area contributed by atoms with Gasteiger partial charge in [-0.25, -0.2) is 13.1 Å². The van der Waals surface area contributed by atoms with Gasteiger partial charge in [-0.3, -0.25) is 9.48 Å². The maximum atomic E-state index is 11.7. The van der Waals surface area contributed by atoms with Crippen LogP contribution in [-0.4, -0.2) is 47.5 Å². The van der Waals surface area contributed by atoms with Gasteiger partial charge < -0.3 is 10.2 Å². The number of aliphatic hydroxyl groups is 1. The summed E-state index contributed by atoms with van der Waals surface area (Å²) >= 11 is 0. The molecule has 8 nitrogen and oxygen atoms in total. The fraction of sp³-hybridized carbons (Fsp3) is 0.556. The predicted octanol–water partition coefficient (Wildman–Crippen LogP) is -0.981. The number of nitrogens with zero attached hydrogens (tertiary/aromatic N) is 2. The molecule has 0 spiro atoms. The molecule has 0 aliphatic heterocycles. The zero-order chi connectivity index (χ0) is 13.6. The maximum absolute atomic E-state index is 11.7. The molecule has 0 aromatic carbocycles.